The van der Waals surface area contributed by atoms with Crippen molar-refractivity contribution in [3.05, 3.63) is 71.3 Å². The van der Waals surface area contributed by atoms with Crippen LogP contribution in [0.3, 0.4) is 0 Å². The molecule has 1 saturated carbocycles. The van der Waals surface area contributed by atoms with Gasteiger partial charge in [0.2, 0.25) is 0 Å². The fraction of sp³-hybridized carbons (Fsp3) is 0.250. The van der Waals surface area contributed by atoms with Crippen LogP contribution in [0.5, 0.6) is 0 Å². The van der Waals surface area contributed by atoms with E-state index in [4.69, 9.17) is 0 Å². The fourth-order valence-electron chi connectivity index (χ4n) is 4.33. The first-order chi connectivity index (χ1) is 14.7. The molecule has 152 valence electrons. The van der Waals surface area contributed by atoms with Crippen molar-refractivity contribution in [2.75, 3.05) is 5.32 Å². The van der Waals surface area contributed by atoms with Gasteiger partial charge in [0.15, 0.2) is 0 Å². The second kappa shape index (κ2) is 7.71. The summed E-state index contributed by atoms with van der Waals surface area (Å²) >= 11 is 0. The molecule has 0 bridgehead atoms. The molecule has 2 heterocycles. The Bertz CT molecular complexity index is 1230. The van der Waals surface area contributed by atoms with Crippen LogP contribution in [0.4, 0.5) is 5.69 Å². The lowest BCUT2D eigenvalue weighted by Crippen LogP contribution is -2.32. The molecule has 0 radical (unpaired) electrons. The highest BCUT2D eigenvalue weighted by Crippen LogP contribution is 2.30. The second-order valence-corrected chi connectivity index (χ2v) is 7.97. The molecule has 6 heteroatoms. The van der Waals surface area contributed by atoms with Gasteiger partial charge in [-0.25, -0.2) is 4.98 Å². The summed E-state index contributed by atoms with van der Waals surface area (Å²) in [4.78, 5) is 23.5. The summed E-state index contributed by atoms with van der Waals surface area (Å²) in [6.45, 7) is 4.13. The first kappa shape index (κ1) is 18.5. The van der Waals surface area contributed by atoms with E-state index in [2.05, 4.69) is 32.2 Å². The van der Waals surface area contributed by atoms with E-state index in [0.717, 1.165) is 33.8 Å². The third-order valence-corrected chi connectivity index (χ3v) is 5.78. The van der Waals surface area contributed by atoms with Crippen LogP contribution in [0.1, 0.15) is 32.1 Å². The van der Waals surface area contributed by atoms with Gasteiger partial charge in [0.25, 0.3) is 5.56 Å². The maximum atomic E-state index is 12.6. The molecule has 6 nitrogen and oxygen atoms in total. The zero-order chi connectivity index (χ0) is 20.5. The Morgan fingerprint density at radius 1 is 1.03 bits per heavy atom. The van der Waals surface area contributed by atoms with Crippen LogP contribution in [0.25, 0.3) is 33.7 Å². The minimum Gasteiger partial charge on any atom is -0.369 e. The number of hydrogen-bond acceptors (Lipinski definition) is 4. The Balaban J connectivity index is 1.41. The summed E-state index contributed by atoms with van der Waals surface area (Å²) in [5.74, 6) is 1.38. The standard InChI is InChI=1S/C24H25N5O/c1-15(25-16-8-4-2-5-9-16)26-17-12-13-20-21(14-17)28-23(27-20)22-18-10-6-3-7-11-19(18)29-24(22)30/h3,6-7,10-14,16,25-26H,1-2,4-5,8-9H2,(H,27,28)(H,29,30). The number of benzene rings is 1. The molecule has 1 aromatic heterocycles. The Hall–Kier alpha value is -3.54. The summed E-state index contributed by atoms with van der Waals surface area (Å²) < 4.78 is 0. The van der Waals surface area contributed by atoms with Gasteiger partial charge < -0.3 is 20.6 Å². The van der Waals surface area contributed by atoms with Gasteiger partial charge in [-0.1, -0.05) is 50.1 Å². The van der Waals surface area contributed by atoms with E-state index in [1.54, 1.807) is 0 Å². The van der Waals surface area contributed by atoms with E-state index >= 15 is 0 Å². The van der Waals surface area contributed by atoms with Gasteiger partial charge in [-0.2, -0.15) is 0 Å². The van der Waals surface area contributed by atoms with Crippen molar-refractivity contribution in [2.45, 2.75) is 38.1 Å². The molecule has 3 aliphatic rings. The molecular formula is C24H25N5O. The third-order valence-electron chi connectivity index (χ3n) is 5.78. The molecule has 5 rings (SSSR count). The van der Waals surface area contributed by atoms with Crippen LogP contribution in [0, 0.1) is 0 Å². The highest BCUT2D eigenvalue weighted by Gasteiger charge is 2.19. The molecule has 0 saturated heterocycles. The van der Waals surface area contributed by atoms with Crippen molar-refractivity contribution >= 4 is 16.7 Å². The number of rotatable bonds is 5. The maximum absolute atomic E-state index is 12.6. The average Bonchev–Trinajstić information content (AvgIpc) is 3.20. The van der Waals surface area contributed by atoms with Gasteiger partial charge in [-0.15, -0.1) is 0 Å². The molecular weight excluding hydrogens is 374 g/mol. The summed E-state index contributed by atoms with van der Waals surface area (Å²) in [5.41, 5.74) is 4.69. The first-order valence-corrected chi connectivity index (χ1v) is 10.5. The number of fused-ring (bicyclic) bond motifs is 2. The van der Waals surface area contributed by atoms with E-state index in [9.17, 15) is 4.79 Å². The van der Waals surface area contributed by atoms with Crippen molar-refractivity contribution in [1.29, 1.82) is 0 Å². The van der Waals surface area contributed by atoms with Gasteiger partial charge in [0.05, 0.1) is 22.4 Å². The summed E-state index contributed by atoms with van der Waals surface area (Å²) in [7, 11) is 0. The zero-order valence-electron chi connectivity index (χ0n) is 16.8. The summed E-state index contributed by atoms with van der Waals surface area (Å²) in [6.07, 6.45) is 6.28. The molecule has 30 heavy (non-hydrogen) atoms. The molecule has 0 unspecified atom stereocenters. The van der Waals surface area contributed by atoms with Gasteiger partial charge in [-0.05, 0) is 37.1 Å². The van der Waals surface area contributed by atoms with E-state index in [1.807, 2.05) is 48.5 Å². The van der Waals surface area contributed by atoms with E-state index in [-0.39, 0.29) is 5.56 Å². The normalized spacial score (nSPS) is 14.8. The lowest BCUT2D eigenvalue weighted by molar-refractivity contribution is 0.398. The quantitative estimate of drug-likeness (QED) is 0.387. The lowest BCUT2D eigenvalue weighted by atomic mass is 9.96. The molecule has 1 aromatic carbocycles. The minimum absolute atomic E-state index is 0.140. The van der Waals surface area contributed by atoms with Crippen LogP contribution in [0.15, 0.2) is 65.7 Å². The second-order valence-electron chi connectivity index (χ2n) is 7.97. The number of imidazole rings is 1. The molecule has 0 atom stereocenters. The number of anilines is 1. The van der Waals surface area contributed by atoms with Crippen molar-refractivity contribution < 1.29 is 0 Å². The zero-order valence-corrected chi connectivity index (χ0v) is 16.8. The molecule has 2 aromatic rings. The number of nitrogens with one attached hydrogen (secondary N) is 4. The van der Waals surface area contributed by atoms with Crippen molar-refractivity contribution in [3.63, 3.8) is 0 Å². The topological polar surface area (TPSA) is 85.6 Å². The number of nitrogens with zero attached hydrogens (tertiary/aromatic N) is 1. The third kappa shape index (κ3) is 3.56. The highest BCUT2D eigenvalue weighted by molar-refractivity contribution is 5.87. The average molecular weight is 399 g/mol. The fourth-order valence-corrected chi connectivity index (χ4v) is 4.33. The number of aromatic nitrogens is 3. The minimum atomic E-state index is -0.140. The molecule has 0 spiro atoms. The van der Waals surface area contributed by atoms with Crippen LogP contribution in [0.2, 0.25) is 0 Å². The molecule has 0 amide bonds. The molecule has 4 N–H and O–H groups in total. The maximum Gasteiger partial charge on any atom is 0.260 e. The molecule has 1 aliphatic heterocycles. The predicted molar refractivity (Wildman–Crippen MR) is 122 cm³/mol. The Morgan fingerprint density at radius 2 is 1.87 bits per heavy atom. The van der Waals surface area contributed by atoms with Gasteiger partial charge in [0.1, 0.15) is 5.82 Å². The Morgan fingerprint density at radius 3 is 2.73 bits per heavy atom. The molecule has 1 fully saturated rings. The van der Waals surface area contributed by atoms with E-state index in [1.165, 1.54) is 32.1 Å². The predicted octanol–water partition coefficient (Wildman–Crippen LogP) is 4.83. The smallest absolute Gasteiger partial charge is 0.260 e. The van der Waals surface area contributed by atoms with Gasteiger partial charge >= 0.3 is 0 Å². The SMILES string of the molecule is C=C(Nc1ccc2nc(-c3c4cccccc-4[nH]c3=O)[nH]c2c1)NC1CCCCC1. The van der Waals surface area contributed by atoms with Crippen molar-refractivity contribution in [1.82, 2.24) is 20.3 Å². The molecule has 2 aliphatic carbocycles. The monoisotopic (exact) mass is 399 g/mol. The number of H-pyrrole nitrogens is 2. The van der Waals surface area contributed by atoms with Crippen LogP contribution in [-0.2, 0) is 0 Å². The van der Waals surface area contributed by atoms with Crippen molar-refractivity contribution in [2.24, 2.45) is 0 Å². The first-order valence-electron chi connectivity index (χ1n) is 10.5. The van der Waals surface area contributed by atoms with E-state index < -0.39 is 0 Å². The lowest BCUT2D eigenvalue weighted by Gasteiger charge is -2.25. The number of aromatic amines is 2. The van der Waals surface area contributed by atoms with E-state index in [0.29, 0.717) is 17.4 Å². The van der Waals surface area contributed by atoms with Crippen LogP contribution in [-0.4, -0.2) is 21.0 Å². The Labute approximate surface area is 174 Å². The summed E-state index contributed by atoms with van der Waals surface area (Å²) in [5, 5.41) is 6.85. The summed E-state index contributed by atoms with van der Waals surface area (Å²) in [6, 6.07) is 16.0. The largest absolute Gasteiger partial charge is 0.369 e. The van der Waals surface area contributed by atoms with Gasteiger partial charge in [0, 0.05) is 23.0 Å². The van der Waals surface area contributed by atoms with Crippen LogP contribution < -0.4 is 16.2 Å². The Kier molecular flexibility index (Phi) is 4.75. The number of hydrogen-bond donors (Lipinski definition) is 4. The van der Waals surface area contributed by atoms with Gasteiger partial charge in [-0.3, -0.25) is 4.79 Å². The van der Waals surface area contributed by atoms with Crippen molar-refractivity contribution in [3.8, 4) is 22.6 Å². The van der Waals surface area contributed by atoms with Crippen LogP contribution >= 0.6 is 0 Å². The highest BCUT2D eigenvalue weighted by atomic mass is 16.1.